The van der Waals surface area contributed by atoms with E-state index in [4.69, 9.17) is 9.47 Å². The predicted molar refractivity (Wildman–Crippen MR) is 92.7 cm³/mol. The van der Waals surface area contributed by atoms with Gasteiger partial charge in [0.25, 0.3) is 5.91 Å². The average Bonchev–Trinajstić information content (AvgIpc) is 3.04. The van der Waals surface area contributed by atoms with Gasteiger partial charge in [0.1, 0.15) is 6.10 Å². The highest BCUT2D eigenvalue weighted by atomic mass is 16.5. The molecule has 24 heavy (non-hydrogen) atoms. The molecule has 0 radical (unpaired) electrons. The standard InChI is InChI=1S/C19H22N2O3/c1-12-8-13(2)18(14(3)9-12)21-19(22)15-4-5-17(20-10-15)24-16-6-7-23-11-16/h4-5,8-10,16H,6-7,11H2,1-3H3,(H,21,22). The number of anilines is 1. The van der Waals surface area contributed by atoms with Gasteiger partial charge in [0, 0.05) is 24.4 Å². The number of hydrogen-bond donors (Lipinski definition) is 1. The number of aryl methyl sites for hydroxylation is 3. The van der Waals surface area contributed by atoms with Crippen molar-refractivity contribution in [3.63, 3.8) is 0 Å². The lowest BCUT2D eigenvalue weighted by Crippen LogP contribution is -2.17. The Morgan fingerprint density at radius 1 is 1.25 bits per heavy atom. The molecule has 0 bridgehead atoms. The maximum atomic E-state index is 12.4. The number of ether oxygens (including phenoxy) is 2. The van der Waals surface area contributed by atoms with Gasteiger partial charge in [-0.2, -0.15) is 0 Å². The molecule has 1 unspecified atom stereocenters. The molecular weight excluding hydrogens is 304 g/mol. The van der Waals surface area contributed by atoms with Gasteiger partial charge in [0.15, 0.2) is 0 Å². The SMILES string of the molecule is Cc1cc(C)c(NC(=O)c2ccc(OC3CCOC3)nc2)c(C)c1. The highest BCUT2D eigenvalue weighted by Gasteiger charge is 2.18. The van der Waals surface area contributed by atoms with Gasteiger partial charge in [0.2, 0.25) is 5.88 Å². The molecule has 3 rings (SSSR count). The molecule has 1 fully saturated rings. The van der Waals surface area contributed by atoms with Crippen molar-refractivity contribution in [3.05, 3.63) is 52.7 Å². The van der Waals surface area contributed by atoms with E-state index in [0.29, 0.717) is 18.1 Å². The fourth-order valence-electron chi connectivity index (χ4n) is 2.92. The van der Waals surface area contributed by atoms with E-state index in [1.54, 1.807) is 18.3 Å². The summed E-state index contributed by atoms with van der Waals surface area (Å²) in [6.45, 7) is 7.35. The van der Waals surface area contributed by atoms with Crippen molar-refractivity contribution in [2.45, 2.75) is 33.3 Å². The van der Waals surface area contributed by atoms with Crippen LogP contribution in [0.1, 0.15) is 33.5 Å². The van der Waals surface area contributed by atoms with Gasteiger partial charge in [-0.1, -0.05) is 17.7 Å². The van der Waals surface area contributed by atoms with Crippen LogP contribution in [0, 0.1) is 20.8 Å². The third kappa shape index (κ3) is 3.74. The molecule has 1 amide bonds. The van der Waals surface area contributed by atoms with Crippen molar-refractivity contribution in [1.82, 2.24) is 4.98 Å². The Morgan fingerprint density at radius 2 is 2.00 bits per heavy atom. The van der Waals surface area contributed by atoms with Gasteiger partial charge >= 0.3 is 0 Å². The van der Waals surface area contributed by atoms with Gasteiger partial charge in [0.05, 0.1) is 18.8 Å². The number of nitrogens with zero attached hydrogens (tertiary/aromatic N) is 1. The first-order valence-corrected chi connectivity index (χ1v) is 8.12. The summed E-state index contributed by atoms with van der Waals surface area (Å²) < 4.78 is 11.0. The number of hydrogen-bond acceptors (Lipinski definition) is 4. The van der Waals surface area contributed by atoms with Crippen molar-refractivity contribution in [1.29, 1.82) is 0 Å². The number of pyridine rings is 1. The maximum Gasteiger partial charge on any atom is 0.257 e. The molecule has 5 heteroatoms. The summed E-state index contributed by atoms with van der Waals surface area (Å²) in [7, 11) is 0. The molecule has 1 aliphatic heterocycles. The molecule has 1 aromatic heterocycles. The van der Waals surface area contributed by atoms with E-state index in [9.17, 15) is 4.79 Å². The summed E-state index contributed by atoms with van der Waals surface area (Å²) in [6.07, 6.45) is 2.46. The molecule has 2 heterocycles. The topological polar surface area (TPSA) is 60.5 Å². The highest BCUT2D eigenvalue weighted by molar-refractivity contribution is 6.04. The predicted octanol–water partition coefficient (Wildman–Crippen LogP) is 3.43. The van der Waals surface area contributed by atoms with Crippen LogP contribution >= 0.6 is 0 Å². The minimum atomic E-state index is -0.173. The van der Waals surface area contributed by atoms with Crippen LogP contribution in [0.2, 0.25) is 0 Å². The summed E-state index contributed by atoms with van der Waals surface area (Å²) in [6, 6.07) is 7.57. The van der Waals surface area contributed by atoms with Crippen LogP contribution in [0.25, 0.3) is 0 Å². The molecular formula is C19H22N2O3. The van der Waals surface area contributed by atoms with Crippen LogP contribution < -0.4 is 10.1 Å². The van der Waals surface area contributed by atoms with E-state index in [0.717, 1.165) is 29.8 Å². The maximum absolute atomic E-state index is 12.4. The molecule has 1 aromatic carbocycles. The van der Waals surface area contributed by atoms with E-state index in [1.807, 2.05) is 20.8 Å². The number of amides is 1. The number of benzene rings is 1. The molecule has 126 valence electrons. The normalized spacial score (nSPS) is 16.9. The minimum absolute atomic E-state index is 0.0510. The van der Waals surface area contributed by atoms with Gasteiger partial charge in [-0.3, -0.25) is 4.79 Å². The van der Waals surface area contributed by atoms with Crippen LogP contribution in [0.15, 0.2) is 30.5 Å². The second kappa shape index (κ2) is 7.01. The lowest BCUT2D eigenvalue weighted by molar-refractivity contribution is 0.102. The molecule has 0 aliphatic carbocycles. The van der Waals surface area contributed by atoms with Crippen molar-refractivity contribution in [2.24, 2.45) is 0 Å². The summed E-state index contributed by atoms with van der Waals surface area (Å²) in [5.74, 6) is 0.345. The molecule has 2 aromatic rings. The largest absolute Gasteiger partial charge is 0.472 e. The highest BCUT2D eigenvalue weighted by Crippen LogP contribution is 2.23. The first kappa shape index (κ1) is 16.5. The number of rotatable bonds is 4. The lowest BCUT2D eigenvalue weighted by Gasteiger charge is -2.13. The van der Waals surface area contributed by atoms with Crippen molar-refractivity contribution < 1.29 is 14.3 Å². The van der Waals surface area contributed by atoms with Gasteiger partial charge in [-0.15, -0.1) is 0 Å². The van der Waals surface area contributed by atoms with E-state index in [1.165, 1.54) is 5.56 Å². The molecule has 1 N–H and O–H groups in total. The van der Waals surface area contributed by atoms with E-state index < -0.39 is 0 Å². The second-order valence-corrected chi connectivity index (χ2v) is 6.22. The van der Waals surface area contributed by atoms with E-state index >= 15 is 0 Å². The zero-order valence-electron chi connectivity index (χ0n) is 14.3. The number of carbonyl (C=O) groups excluding carboxylic acids is 1. The molecule has 5 nitrogen and oxygen atoms in total. The Morgan fingerprint density at radius 3 is 2.58 bits per heavy atom. The van der Waals surface area contributed by atoms with Crippen LogP contribution in [-0.4, -0.2) is 30.2 Å². The first-order chi connectivity index (χ1) is 11.5. The second-order valence-electron chi connectivity index (χ2n) is 6.22. The minimum Gasteiger partial charge on any atom is -0.472 e. The zero-order chi connectivity index (χ0) is 17.1. The van der Waals surface area contributed by atoms with Gasteiger partial charge in [-0.05, 0) is 38.0 Å². The average molecular weight is 326 g/mol. The van der Waals surface area contributed by atoms with Crippen LogP contribution in [0.4, 0.5) is 5.69 Å². The molecule has 1 atom stereocenters. The van der Waals surface area contributed by atoms with E-state index in [2.05, 4.69) is 22.4 Å². The zero-order valence-corrected chi connectivity index (χ0v) is 14.3. The van der Waals surface area contributed by atoms with Gasteiger partial charge in [-0.25, -0.2) is 4.98 Å². The van der Waals surface area contributed by atoms with Crippen molar-refractivity contribution in [2.75, 3.05) is 18.5 Å². The fourth-order valence-corrected chi connectivity index (χ4v) is 2.92. The molecule has 0 spiro atoms. The van der Waals surface area contributed by atoms with Crippen LogP contribution in [0.5, 0.6) is 5.88 Å². The monoisotopic (exact) mass is 326 g/mol. The summed E-state index contributed by atoms with van der Waals surface area (Å²) in [5.41, 5.74) is 4.64. The Bertz CT molecular complexity index is 712. The van der Waals surface area contributed by atoms with Gasteiger partial charge < -0.3 is 14.8 Å². The quantitative estimate of drug-likeness (QED) is 0.935. The number of carbonyl (C=O) groups is 1. The van der Waals surface area contributed by atoms with Crippen molar-refractivity contribution in [3.8, 4) is 5.88 Å². The Balaban J connectivity index is 1.69. The first-order valence-electron chi connectivity index (χ1n) is 8.12. The summed E-state index contributed by atoms with van der Waals surface area (Å²) in [5, 5.41) is 2.97. The van der Waals surface area contributed by atoms with Crippen LogP contribution in [-0.2, 0) is 4.74 Å². The molecule has 1 saturated heterocycles. The number of aromatic nitrogens is 1. The molecule has 1 aliphatic rings. The Kier molecular flexibility index (Phi) is 4.81. The summed E-state index contributed by atoms with van der Waals surface area (Å²) in [4.78, 5) is 16.7. The van der Waals surface area contributed by atoms with Crippen molar-refractivity contribution >= 4 is 11.6 Å². The third-order valence-corrected chi connectivity index (χ3v) is 4.09. The summed E-state index contributed by atoms with van der Waals surface area (Å²) >= 11 is 0. The van der Waals surface area contributed by atoms with E-state index in [-0.39, 0.29) is 12.0 Å². The fraction of sp³-hybridized carbons (Fsp3) is 0.368. The number of nitrogens with one attached hydrogen (secondary N) is 1. The molecule has 0 saturated carbocycles. The third-order valence-electron chi connectivity index (χ3n) is 4.09. The Hall–Kier alpha value is -2.40. The smallest absolute Gasteiger partial charge is 0.257 e. The lowest BCUT2D eigenvalue weighted by atomic mass is 10.0. The van der Waals surface area contributed by atoms with Crippen LogP contribution in [0.3, 0.4) is 0 Å². The Labute approximate surface area is 142 Å².